The van der Waals surface area contributed by atoms with E-state index in [1.165, 1.54) is 0 Å². The summed E-state index contributed by atoms with van der Waals surface area (Å²) in [6.07, 6.45) is 2.62. The normalized spacial score (nSPS) is 12.4. The van der Waals surface area contributed by atoms with Gasteiger partial charge in [-0.25, -0.2) is 0 Å². The highest BCUT2D eigenvalue weighted by molar-refractivity contribution is 7.98. The molecule has 0 aliphatic heterocycles. The predicted octanol–water partition coefficient (Wildman–Crippen LogP) is 3.26. The van der Waals surface area contributed by atoms with E-state index in [9.17, 15) is 4.79 Å². The molecule has 0 heterocycles. The number of hydrogen-bond acceptors (Lipinski definition) is 2. The zero-order valence-corrected chi connectivity index (χ0v) is 10.0. The van der Waals surface area contributed by atoms with E-state index in [2.05, 4.69) is 0 Å². The van der Waals surface area contributed by atoms with Crippen LogP contribution in [0.1, 0.15) is 17.9 Å². The second-order valence-electron chi connectivity index (χ2n) is 3.22. The predicted molar refractivity (Wildman–Crippen MR) is 64.8 cm³/mol. The van der Waals surface area contributed by atoms with E-state index < -0.39 is 11.9 Å². The number of carboxylic acid groups (broad SMARTS) is 1. The Hall–Kier alpha value is -0.670. The molecular weight excluding hydrogens is 232 g/mol. The van der Waals surface area contributed by atoms with E-state index in [1.54, 1.807) is 36.0 Å². The first kappa shape index (κ1) is 12.4. The van der Waals surface area contributed by atoms with Crippen LogP contribution in [0.4, 0.5) is 0 Å². The topological polar surface area (TPSA) is 37.3 Å². The molecular formula is C11H13ClO2S. The van der Waals surface area contributed by atoms with Crippen LogP contribution in [0, 0.1) is 0 Å². The lowest BCUT2D eigenvalue weighted by Crippen LogP contribution is -2.12. The molecule has 4 heteroatoms. The molecule has 1 unspecified atom stereocenters. The van der Waals surface area contributed by atoms with Crippen LogP contribution >= 0.6 is 23.4 Å². The minimum Gasteiger partial charge on any atom is -0.481 e. The summed E-state index contributed by atoms with van der Waals surface area (Å²) in [6.45, 7) is 0. The fourth-order valence-electron chi connectivity index (χ4n) is 1.36. The SMILES string of the molecule is CSCCC(C(=O)O)c1ccc(Cl)cc1. The van der Waals surface area contributed by atoms with E-state index in [-0.39, 0.29) is 0 Å². The van der Waals surface area contributed by atoms with Gasteiger partial charge in [-0.15, -0.1) is 0 Å². The number of hydrogen-bond donors (Lipinski definition) is 1. The van der Waals surface area contributed by atoms with Crippen LogP contribution in [0.25, 0.3) is 0 Å². The molecule has 0 spiro atoms. The average molecular weight is 245 g/mol. The molecule has 2 nitrogen and oxygen atoms in total. The largest absolute Gasteiger partial charge is 0.481 e. The molecule has 0 aliphatic rings. The third kappa shape index (κ3) is 3.76. The van der Waals surface area contributed by atoms with Gasteiger partial charge in [-0.1, -0.05) is 23.7 Å². The van der Waals surface area contributed by atoms with E-state index in [1.807, 2.05) is 6.26 Å². The van der Waals surface area contributed by atoms with Gasteiger partial charge in [0.25, 0.3) is 0 Å². The van der Waals surface area contributed by atoms with Gasteiger partial charge in [-0.2, -0.15) is 11.8 Å². The molecule has 0 fully saturated rings. The number of benzene rings is 1. The number of halogens is 1. The van der Waals surface area contributed by atoms with Crippen LogP contribution in [0.3, 0.4) is 0 Å². The quantitative estimate of drug-likeness (QED) is 0.864. The smallest absolute Gasteiger partial charge is 0.311 e. The van der Waals surface area contributed by atoms with E-state index in [4.69, 9.17) is 16.7 Å². The van der Waals surface area contributed by atoms with Gasteiger partial charge in [0.15, 0.2) is 0 Å². The minimum atomic E-state index is -0.772. The van der Waals surface area contributed by atoms with Crippen LogP contribution in [-0.2, 0) is 4.79 Å². The van der Waals surface area contributed by atoms with Crippen LogP contribution in [0.15, 0.2) is 24.3 Å². The third-order valence-corrected chi connectivity index (χ3v) is 3.08. The molecule has 0 aliphatic carbocycles. The van der Waals surface area contributed by atoms with Crippen LogP contribution in [0.5, 0.6) is 0 Å². The summed E-state index contributed by atoms with van der Waals surface area (Å²) in [4.78, 5) is 11.0. The summed E-state index contributed by atoms with van der Waals surface area (Å²) < 4.78 is 0. The second kappa shape index (κ2) is 6.03. The van der Waals surface area contributed by atoms with Gasteiger partial charge in [0, 0.05) is 5.02 Å². The zero-order valence-electron chi connectivity index (χ0n) is 8.44. The Bertz CT molecular complexity index is 324. The molecule has 0 saturated heterocycles. The van der Waals surface area contributed by atoms with Crippen molar-refractivity contribution in [2.24, 2.45) is 0 Å². The standard InChI is InChI=1S/C11H13ClO2S/c1-15-7-6-10(11(13)14)8-2-4-9(12)5-3-8/h2-5,10H,6-7H2,1H3,(H,13,14). The van der Waals surface area contributed by atoms with Crippen molar-refractivity contribution in [1.29, 1.82) is 0 Å². The van der Waals surface area contributed by atoms with Gasteiger partial charge in [0.1, 0.15) is 0 Å². The highest BCUT2D eigenvalue weighted by Crippen LogP contribution is 2.23. The zero-order chi connectivity index (χ0) is 11.3. The van der Waals surface area contributed by atoms with Gasteiger partial charge in [-0.05, 0) is 36.1 Å². The van der Waals surface area contributed by atoms with Crippen LogP contribution < -0.4 is 0 Å². The van der Waals surface area contributed by atoms with Crippen molar-refractivity contribution < 1.29 is 9.90 Å². The minimum absolute atomic E-state index is 0.422. The van der Waals surface area contributed by atoms with Gasteiger partial charge in [0.05, 0.1) is 5.92 Å². The fourth-order valence-corrected chi connectivity index (χ4v) is 1.96. The summed E-state index contributed by atoms with van der Waals surface area (Å²) in [5.41, 5.74) is 0.820. The van der Waals surface area contributed by atoms with Gasteiger partial charge in [0.2, 0.25) is 0 Å². The Morgan fingerprint density at radius 1 is 1.47 bits per heavy atom. The number of aliphatic carboxylic acids is 1. The lowest BCUT2D eigenvalue weighted by molar-refractivity contribution is -0.138. The molecule has 1 atom stereocenters. The van der Waals surface area contributed by atoms with Gasteiger partial charge in [-0.3, -0.25) is 4.79 Å². The van der Waals surface area contributed by atoms with Crippen molar-refractivity contribution in [3.05, 3.63) is 34.9 Å². The maximum atomic E-state index is 11.0. The van der Waals surface area contributed by atoms with Gasteiger partial charge < -0.3 is 5.11 Å². The summed E-state index contributed by atoms with van der Waals surface area (Å²) in [5, 5.41) is 9.71. The van der Waals surface area contributed by atoms with Crippen molar-refractivity contribution in [2.45, 2.75) is 12.3 Å². The Kier molecular flexibility index (Phi) is 4.99. The Labute approximate surface area is 98.6 Å². The summed E-state index contributed by atoms with van der Waals surface area (Å²) >= 11 is 7.40. The number of carboxylic acids is 1. The van der Waals surface area contributed by atoms with E-state index in [0.717, 1.165) is 11.3 Å². The third-order valence-electron chi connectivity index (χ3n) is 2.18. The molecule has 0 saturated carbocycles. The van der Waals surface area contributed by atoms with Crippen molar-refractivity contribution >= 4 is 29.3 Å². The molecule has 0 amide bonds. The molecule has 1 rings (SSSR count). The Balaban J connectivity index is 2.79. The molecule has 1 aromatic carbocycles. The lowest BCUT2D eigenvalue weighted by Gasteiger charge is -2.11. The molecule has 1 aromatic rings. The van der Waals surface area contributed by atoms with E-state index >= 15 is 0 Å². The molecule has 82 valence electrons. The average Bonchev–Trinajstić information content (AvgIpc) is 2.21. The number of thioether (sulfide) groups is 1. The Morgan fingerprint density at radius 2 is 2.07 bits per heavy atom. The first-order chi connectivity index (χ1) is 7.15. The molecule has 1 N–H and O–H groups in total. The molecule has 0 aromatic heterocycles. The molecule has 0 bridgehead atoms. The lowest BCUT2D eigenvalue weighted by atomic mass is 9.97. The fraction of sp³-hybridized carbons (Fsp3) is 0.364. The van der Waals surface area contributed by atoms with Crippen molar-refractivity contribution in [2.75, 3.05) is 12.0 Å². The van der Waals surface area contributed by atoms with Crippen molar-refractivity contribution in [3.63, 3.8) is 0 Å². The van der Waals surface area contributed by atoms with Gasteiger partial charge >= 0.3 is 5.97 Å². The molecule has 15 heavy (non-hydrogen) atoms. The Morgan fingerprint density at radius 3 is 2.53 bits per heavy atom. The number of carbonyl (C=O) groups is 1. The van der Waals surface area contributed by atoms with Crippen LogP contribution in [0.2, 0.25) is 5.02 Å². The van der Waals surface area contributed by atoms with E-state index in [0.29, 0.717) is 11.4 Å². The monoisotopic (exact) mass is 244 g/mol. The summed E-state index contributed by atoms with van der Waals surface area (Å²) in [5.74, 6) is -0.347. The van der Waals surface area contributed by atoms with Crippen LogP contribution in [-0.4, -0.2) is 23.1 Å². The maximum absolute atomic E-state index is 11.0. The van der Waals surface area contributed by atoms with Crippen molar-refractivity contribution in [1.82, 2.24) is 0 Å². The highest BCUT2D eigenvalue weighted by Gasteiger charge is 2.18. The summed E-state index contributed by atoms with van der Waals surface area (Å²) in [7, 11) is 0. The first-order valence-electron chi connectivity index (χ1n) is 4.62. The first-order valence-corrected chi connectivity index (χ1v) is 6.39. The highest BCUT2D eigenvalue weighted by atomic mass is 35.5. The summed E-state index contributed by atoms with van der Waals surface area (Å²) in [6, 6.07) is 7.01. The second-order valence-corrected chi connectivity index (χ2v) is 4.65. The number of rotatable bonds is 5. The maximum Gasteiger partial charge on any atom is 0.311 e. The van der Waals surface area contributed by atoms with Crippen molar-refractivity contribution in [3.8, 4) is 0 Å². The molecule has 0 radical (unpaired) electrons.